The van der Waals surface area contributed by atoms with Crippen LogP contribution in [0.15, 0.2) is 12.3 Å². The van der Waals surface area contributed by atoms with Gasteiger partial charge in [-0.05, 0) is 19.8 Å². The average molecular weight is 400 g/mol. The number of nitrogens with zero attached hydrogens (tertiary/aromatic N) is 3. The summed E-state index contributed by atoms with van der Waals surface area (Å²) in [5, 5.41) is 7.25. The first-order valence-corrected chi connectivity index (χ1v) is 10.9. The molecule has 2 N–H and O–H groups in total. The van der Waals surface area contributed by atoms with Gasteiger partial charge in [0, 0.05) is 24.6 Å². The van der Waals surface area contributed by atoms with Gasteiger partial charge in [-0.25, -0.2) is 17.8 Å². The molecule has 9 nitrogen and oxygen atoms in total. The Kier molecular flexibility index (Phi) is 6.31. The molecule has 1 atom stereocenters. The zero-order valence-corrected chi connectivity index (χ0v) is 17.3. The second-order valence-corrected chi connectivity index (χ2v) is 9.81. The molecule has 2 rings (SSSR count). The van der Waals surface area contributed by atoms with E-state index in [-0.39, 0.29) is 17.9 Å². The van der Waals surface area contributed by atoms with E-state index in [4.69, 9.17) is 0 Å². The predicted octanol–water partition coefficient (Wildman–Crippen LogP) is 0.969. The highest BCUT2D eigenvalue weighted by Crippen LogP contribution is 2.26. The number of carbonyl (C=O) groups excluding carboxylic acids is 2. The summed E-state index contributed by atoms with van der Waals surface area (Å²) in [4.78, 5) is 26.3. The smallest absolute Gasteiger partial charge is 0.240 e. The van der Waals surface area contributed by atoms with E-state index in [1.807, 2.05) is 20.8 Å². The Morgan fingerprint density at radius 2 is 1.85 bits per heavy atom. The van der Waals surface area contributed by atoms with Gasteiger partial charge >= 0.3 is 0 Å². The van der Waals surface area contributed by atoms with Crippen LogP contribution in [0, 0.1) is 5.41 Å². The summed E-state index contributed by atoms with van der Waals surface area (Å²) in [6, 6.07) is 1.04. The minimum atomic E-state index is -3.43. The Morgan fingerprint density at radius 1 is 1.26 bits per heavy atom. The number of anilines is 1. The number of hydrogen-bond acceptors (Lipinski definition) is 5. The lowest BCUT2D eigenvalue weighted by molar-refractivity contribution is -0.133. The highest BCUT2D eigenvalue weighted by atomic mass is 32.2. The first-order valence-electron chi connectivity index (χ1n) is 8.99. The molecule has 10 heteroatoms. The first kappa shape index (κ1) is 21.4. The summed E-state index contributed by atoms with van der Waals surface area (Å²) in [6.45, 7) is 8.09. The molecule has 0 bridgehead atoms. The maximum atomic E-state index is 12.4. The van der Waals surface area contributed by atoms with E-state index in [0.717, 1.165) is 6.26 Å². The van der Waals surface area contributed by atoms with E-state index in [1.165, 1.54) is 0 Å². The Morgan fingerprint density at radius 3 is 2.37 bits per heavy atom. The van der Waals surface area contributed by atoms with E-state index < -0.39 is 21.5 Å². The van der Waals surface area contributed by atoms with Gasteiger partial charge in [0.25, 0.3) is 0 Å². The fourth-order valence-corrected chi connectivity index (χ4v) is 3.73. The maximum absolute atomic E-state index is 12.4. The molecular formula is C17H29N5O4S. The van der Waals surface area contributed by atoms with Gasteiger partial charge < -0.3 is 10.2 Å². The highest BCUT2D eigenvalue weighted by Gasteiger charge is 2.30. The molecule has 0 spiro atoms. The second-order valence-electron chi connectivity index (χ2n) is 8.03. The Balaban J connectivity index is 1.98. The number of aromatic nitrogens is 2. The normalized spacial score (nSPS) is 17.6. The van der Waals surface area contributed by atoms with Crippen LogP contribution in [0.2, 0.25) is 0 Å². The average Bonchev–Trinajstić information content (AvgIpc) is 3.00. The minimum Gasteiger partial charge on any atom is -0.341 e. The van der Waals surface area contributed by atoms with E-state index in [0.29, 0.717) is 31.7 Å². The monoisotopic (exact) mass is 399 g/mol. The number of nitrogens with one attached hydrogen (secondary N) is 2. The van der Waals surface area contributed by atoms with Crippen LogP contribution < -0.4 is 10.0 Å². The van der Waals surface area contributed by atoms with Gasteiger partial charge in [0.1, 0.15) is 5.82 Å². The molecule has 1 aliphatic heterocycles. The second kappa shape index (κ2) is 7.97. The molecule has 1 aliphatic rings. The topological polar surface area (TPSA) is 113 Å². The zero-order valence-electron chi connectivity index (χ0n) is 16.5. The van der Waals surface area contributed by atoms with Crippen molar-refractivity contribution in [2.75, 3.05) is 24.7 Å². The van der Waals surface area contributed by atoms with Crippen molar-refractivity contribution in [2.45, 2.75) is 52.6 Å². The highest BCUT2D eigenvalue weighted by molar-refractivity contribution is 7.88. The van der Waals surface area contributed by atoms with Gasteiger partial charge in [-0.1, -0.05) is 20.8 Å². The van der Waals surface area contributed by atoms with Gasteiger partial charge in [0.15, 0.2) is 0 Å². The first-order chi connectivity index (χ1) is 12.4. The third-order valence-corrected chi connectivity index (χ3v) is 5.26. The molecule has 1 aromatic heterocycles. The summed E-state index contributed by atoms with van der Waals surface area (Å²) in [6.07, 6.45) is 4.04. The molecule has 2 amide bonds. The number of rotatable bonds is 5. The van der Waals surface area contributed by atoms with E-state index >= 15 is 0 Å². The van der Waals surface area contributed by atoms with Crippen molar-refractivity contribution in [3.63, 3.8) is 0 Å². The molecule has 27 heavy (non-hydrogen) atoms. The third-order valence-electron chi connectivity index (χ3n) is 4.48. The largest absolute Gasteiger partial charge is 0.341 e. The number of hydrogen-bond donors (Lipinski definition) is 2. The van der Waals surface area contributed by atoms with Gasteiger partial charge in [-0.2, -0.15) is 5.10 Å². The van der Waals surface area contributed by atoms with Gasteiger partial charge in [0.2, 0.25) is 21.8 Å². The summed E-state index contributed by atoms with van der Waals surface area (Å²) >= 11 is 0. The molecule has 0 unspecified atom stereocenters. The summed E-state index contributed by atoms with van der Waals surface area (Å²) in [5.74, 6) is 0.324. The van der Waals surface area contributed by atoms with Crippen molar-refractivity contribution >= 4 is 27.7 Å². The molecule has 0 aromatic carbocycles. The van der Waals surface area contributed by atoms with Crippen LogP contribution in [0.5, 0.6) is 0 Å². The molecule has 2 heterocycles. The fourth-order valence-electron chi connectivity index (χ4n) is 2.98. The van der Waals surface area contributed by atoms with Crippen LogP contribution in [0.25, 0.3) is 0 Å². The maximum Gasteiger partial charge on any atom is 0.240 e. The van der Waals surface area contributed by atoms with Crippen LogP contribution in [0.4, 0.5) is 5.82 Å². The van der Waals surface area contributed by atoms with Crippen molar-refractivity contribution in [1.29, 1.82) is 0 Å². The lowest BCUT2D eigenvalue weighted by Crippen LogP contribution is -2.49. The van der Waals surface area contributed by atoms with Gasteiger partial charge in [0.05, 0.1) is 24.5 Å². The van der Waals surface area contributed by atoms with Crippen molar-refractivity contribution < 1.29 is 18.0 Å². The van der Waals surface area contributed by atoms with Crippen LogP contribution in [-0.4, -0.2) is 60.3 Å². The molecule has 152 valence electrons. The number of amides is 2. The number of carbonyl (C=O) groups is 2. The van der Waals surface area contributed by atoms with E-state index in [1.54, 1.807) is 28.8 Å². The lowest BCUT2D eigenvalue weighted by atomic mass is 9.96. The minimum absolute atomic E-state index is 0.0671. The fraction of sp³-hybridized carbons (Fsp3) is 0.706. The SMILES string of the molecule is C[C@@H](NS(C)(=O)=O)C(=O)N1CCC(n2nccc2NC(=O)C(C)(C)C)CC1. The van der Waals surface area contributed by atoms with Gasteiger partial charge in [-0.3, -0.25) is 9.59 Å². The molecular weight excluding hydrogens is 370 g/mol. The Hall–Kier alpha value is -1.94. The predicted molar refractivity (Wildman–Crippen MR) is 103 cm³/mol. The summed E-state index contributed by atoms with van der Waals surface area (Å²) in [7, 11) is -3.43. The molecule has 0 saturated carbocycles. The van der Waals surface area contributed by atoms with Crippen LogP contribution in [0.3, 0.4) is 0 Å². The van der Waals surface area contributed by atoms with E-state index in [2.05, 4.69) is 15.1 Å². The third kappa shape index (κ3) is 5.77. The molecule has 1 aromatic rings. The molecule has 0 radical (unpaired) electrons. The van der Waals surface area contributed by atoms with Gasteiger partial charge in [-0.15, -0.1) is 0 Å². The quantitative estimate of drug-likeness (QED) is 0.766. The van der Waals surface area contributed by atoms with Crippen molar-refractivity contribution in [3.8, 4) is 0 Å². The van der Waals surface area contributed by atoms with Crippen LogP contribution in [-0.2, 0) is 19.6 Å². The molecule has 0 aliphatic carbocycles. The van der Waals surface area contributed by atoms with Crippen molar-refractivity contribution in [3.05, 3.63) is 12.3 Å². The summed E-state index contributed by atoms with van der Waals surface area (Å²) < 4.78 is 26.7. The number of piperidine rings is 1. The van der Waals surface area contributed by atoms with Crippen LogP contribution in [0.1, 0.15) is 46.6 Å². The van der Waals surface area contributed by atoms with Crippen molar-refractivity contribution in [2.24, 2.45) is 5.41 Å². The number of likely N-dealkylation sites (tertiary alicyclic amines) is 1. The zero-order chi connectivity index (χ0) is 20.4. The molecule has 1 fully saturated rings. The Labute approximate surface area is 160 Å². The van der Waals surface area contributed by atoms with Crippen LogP contribution >= 0.6 is 0 Å². The number of sulfonamides is 1. The Bertz CT molecular complexity index is 788. The summed E-state index contributed by atoms with van der Waals surface area (Å²) in [5.41, 5.74) is -0.506. The lowest BCUT2D eigenvalue weighted by Gasteiger charge is -2.34. The van der Waals surface area contributed by atoms with E-state index in [9.17, 15) is 18.0 Å². The van der Waals surface area contributed by atoms with Crippen molar-refractivity contribution in [1.82, 2.24) is 19.4 Å². The molecule has 1 saturated heterocycles. The standard InChI is InChI=1S/C17H29N5O4S/c1-12(20-27(5,25)26)15(23)21-10-7-13(8-11-21)22-14(6-9-18-22)19-16(24)17(2,3)4/h6,9,12-13,20H,7-8,10-11H2,1-5H3,(H,19,24)/t12-/m1/s1.